The number of nitrogens with zero attached hydrogens (tertiary/aromatic N) is 2. The zero-order chi connectivity index (χ0) is 14.1. The van der Waals surface area contributed by atoms with Crippen LogP contribution in [0.4, 0.5) is 0 Å². The summed E-state index contributed by atoms with van der Waals surface area (Å²) in [7, 11) is 2.08. The summed E-state index contributed by atoms with van der Waals surface area (Å²) in [6, 6.07) is -0.111. The van der Waals surface area contributed by atoms with Gasteiger partial charge in [-0.25, -0.2) is 4.98 Å². The molecule has 5 nitrogen and oxygen atoms in total. The van der Waals surface area contributed by atoms with Crippen LogP contribution in [0.1, 0.15) is 46.1 Å². The summed E-state index contributed by atoms with van der Waals surface area (Å²) in [6.07, 6.45) is 4.27. The van der Waals surface area contributed by atoms with Crippen molar-refractivity contribution in [2.24, 2.45) is 0 Å². The van der Waals surface area contributed by atoms with E-state index in [1.165, 1.54) is 16.2 Å². The molecule has 0 bridgehead atoms. The fourth-order valence-electron chi connectivity index (χ4n) is 2.93. The topological polar surface area (TPSA) is 65.5 Å². The normalized spacial score (nSPS) is 27.1. The molecule has 0 saturated heterocycles. The van der Waals surface area contributed by atoms with E-state index in [-0.39, 0.29) is 11.9 Å². The van der Waals surface area contributed by atoms with Gasteiger partial charge in [0, 0.05) is 24.4 Å². The van der Waals surface area contributed by atoms with E-state index in [1.54, 1.807) is 0 Å². The van der Waals surface area contributed by atoms with Gasteiger partial charge in [0.15, 0.2) is 5.01 Å². The molecule has 1 aromatic rings. The third-order valence-electron chi connectivity index (χ3n) is 4.16. The summed E-state index contributed by atoms with van der Waals surface area (Å²) in [5, 5.41) is 13.4. The van der Waals surface area contributed by atoms with E-state index >= 15 is 0 Å². The van der Waals surface area contributed by atoms with Gasteiger partial charge in [-0.3, -0.25) is 4.79 Å². The number of aliphatic hydroxyl groups excluding tert-OH is 1. The minimum absolute atomic E-state index is 0.111. The average molecular weight is 295 g/mol. The van der Waals surface area contributed by atoms with Crippen molar-refractivity contribution in [3.8, 4) is 0 Å². The predicted molar refractivity (Wildman–Crippen MR) is 77.9 cm³/mol. The monoisotopic (exact) mass is 295 g/mol. The van der Waals surface area contributed by atoms with Crippen LogP contribution >= 0.6 is 11.3 Å². The summed E-state index contributed by atoms with van der Waals surface area (Å²) in [5.74, 6) is -0.127. The molecule has 0 radical (unpaired) electrons. The molecule has 2 heterocycles. The van der Waals surface area contributed by atoms with Crippen LogP contribution in [-0.2, 0) is 13.0 Å². The Kier molecular flexibility index (Phi) is 4.05. The Bertz CT molecular complexity index is 503. The van der Waals surface area contributed by atoms with Gasteiger partial charge in [-0.1, -0.05) is 12.8 Å². The molecule has 3 rings (SSSR count). The molecular weight excluding hydrogens is 274 g/mol. The minimum atomic E-state index is -0.409. The molecular formula is C14H21N3O2S. The van der Waals surface area contributed by atoms with E-state index in [0.717, 1.165) is 50.9 Å². The quantitative estimate of drug-likeness (QED) is 0.859. The van der Waals surface area contributed by atoms with Crippen LogP contribution in [0.5, 0.6) is 0 Å². The average Bonchev–Trinajstić information content (AvgIpc) is 2.84. The second-order valence-corrected chi connectivity index (χ2v) is 6.89. The van der Waals surface area contributed by atoms with Crippen molar-refractivity contribution < 1.29 is 9.90 Å². The van der Waals surface area contributed by atoms with E-state index < -0.39 is 6.10 Å². The van der Waals surface area contributed by atoms with Crippen molar-refractivity contribution in [1.82, 2.24) is 15.2 Å². The largest absolute Gasteiger partial charge is 0.391 e. The lowest BCUT2D eigenvalue weighted by atomic mass is 9.92. The highest BCUT2D eigenvalue weighted by molar-refractivity contribution is 7.13. The number of carbonyl (C=O) groups excluding carboxylic acids is 1. The van der Waals surface area contributed by atoms with E-state index in [9.17, 15) is 9.90 Å². The lowest BCUT2D eigenvalue weighted by Crippen LogP contribution is -2.45. The second kappa shape index (κ2) is 5.79. The Morgan fingerprint density at radius 3 is 3.05 bits per heavy atom. The highest BCUT2D eigenvalue weighted by Gasteiger charge is 2.27. The number of rotatable bonds is 2. The lowest BCUT2D eigenvalue weighted by molar-refractivity contribution is 0.0717. The maximum atomic E-state index is 12.3. The molecule has 20 heavy (non-hydrogen) atoms. The first-order valence-corrected chi connectivity index (χ1v) is 8.11. The molecule has 0 aromatic carbocycles. The number of thiazole rings is 1. The molecule has 110 valence electrons. The minimum Gasteiger partial charge on any atom is -0.391 e. The third kappa shape index (κ3) is 2.87. The number of hydrogen-bond donors (Lipinski definition) is 2. The van der Waals surface area contributed by atoms with Gasteiger partial charge in [-0.2, -0.15) is 0 Å². The van der Waals surface area contributed by atoms with Gasteiger partial charge in [-0.15, -0.1) is 11.3 Å². The van der Waals surface area contributed by atoms with Crippen molar-refractivity contribution in [3.63, 3.8) is 0 Å². The van der Waals surface area contributed by atoms with Gasteiger partial charge in [-0.05, 0) is 19.9 Å². The van der Waals surface area contributed by atoms with Gasteiger partial charge >= 0.3 is 0 Å². The zero-order valence-corrected chi connectivity index (χ0v) is 12.6. The standard InChI is InChI=1S/C14H21N3O2S/c1-17-7-6-10-12(8-17)20-14(16-10)13(19)15-9-4-2-3-5-11(9)18/h9,11,18H,2-8H2,1H3,(H,15,19)/t9-,11+/m0/s1. The molecule has 1 aliphatic heterocycles. The number of likely N-dealkylation sites (N-methyl/N-ethyl adjacent to an activating group) is 1. The molecule has 1 aliphatic carbocycles. The summed E-state index contributed by atoms with van der Waals surface area (Å²) < 4.78 is 0. The Labute approximate surface area is 123 Å². The van der Waals surface area contributed by atoms with E-state index in [2.05, 4.69) is 22.2 Å². The van der Waals surface area contributed by atoms with E-state index in [1.807, 2.05) is 0 Å². The second-order valence-electron chi connectivity index (χ2n) is 5.81. The number of aliphatic hydroxyl groups is 1. The summed E-state index contributed by atoms with van der Waals surface area (Å²) in [5.41, 5.74) is 1.07. The fourth-order valence-corrected chi connectivity index (χ4v) is 4.02. The SMILES string of the molecule is CN1CCc2nc(C(=O)N[C@H]3CCCC[C@H]3O)sc2C1. The van der Waals surface area contributed by atoms with Crippen molar-refractivity contribution in [3.05, 3.63) is 15.6 Å². The molecule has 6 heteroatoms. The first-order chi connectivity index (χ1) is 9.63. The molecule has 1 fully saturated rings. The van der Waals surface area contributed by atoms with E-state index in [0.29, 0.717) is 5.01 Å². The molecule has 1 aromatic heterocycles. The smallest absolute Gasteiger partial charge is 0.280 e. The van der Waals surface area contributed by atoms with Crippen LogP contribution in [0, 0.1) is 0 Å². The molecule has 1 amide bonds. The molecule has 2 aliphatic rings. The number of hydrogen-bond acceptors (Lipinski definition) is 5. The fraction of sp³-hybridized carbons (Fsp3) is 0.714. The molecule has 0 spiro atoms. The Hall–Kier alpha value is -0.980. The van der Waals surface area contributed by atoms with Crippen LogP contribution in [0.2, 0.25) is 0 Å². The van der Waals surface area contributed by atoms with Crippen molar-refractivity contribution >= 4 is 17.2 Å². The molecule has 0 unspecified atom stereocenters. The predicted octanol–water partition coefficient (Wildman–Crippen LogP) is 1.16. The van der Waals surface area contributed by atoms with E-state index in [4.69, 9.17) is 0 Å². The van der Waals surface area contributed by atoms with Crippen molar-refractivity contribution in [1.29, 1.82) is 0 Å². The molecule has 2 atom stereocenters. The Morgan fingerprint density at radius 1 is 1.45 bits per heavy atom. The highest BCUT2D eigenvalue weighted by Crippen LogP contribution is 2.25. The summed E-state index contributed by atoms with van der Waals surface area (Å²) >= 11 is 1.49. The zero-order valence-electron chi connectivity index (χ0n) is 11.8. The van der Waals surface area contributed by atoms with Gasteiger partial charge < -0.3 is 15.3 Å². The maximum Gasteiger partial charge on any atom is 0.280 e. The molecule has 2 N–H and O–H groups in total. The number of fused-ring (bicyclic) bond motifs is 1. The first-order valence-electron chi connectivity index (χ1n) is 7.29. The number of nitrogens with one attached hydrogen (secondary N) is 1. The first kappa shape index (κ1) is 14.0. The van der Waals surface area contributed by atoms with Crippen LogP contribution in [0.3, 0.4) is 0 Å². The number of carbonyl (C=O) groups is 1. The van der Waals surface area contributed by atoms with Gasteiger partial charge in [0.2, 0.25) is 0 Å². The van der Waals surface area contributed by atoms with Gasteiger partial charge in [0.1, 0.15) is 0 Å². The van der Waals surface area contributed by atoms with Gasteiger partial charge in [0.25, 0.3) is 5.91 Å². The lowest BCUT2D eigenvalue weighted by Gasteiger charge is -2.27. The van der Waals surface area contributed by atoms with Crippen LogP contribution < -0.4 is 5.32 Å². The van der Waals surface area contributed by atoms with Crippen LogP contribution in [-0.4, -0.2) is 46.6 Å². The Balaban J connectivity index is 1.68. The van der Waals surface area contributed by atoms with Gasteiger partial charge in [0.05, 0.1) is 17.8 Å². The molecule has 1 saturated carbocycles. The summed E-state index contributed by atoms with van der Waals surface area (Å²) in [6.45, 7) is 1.88. The van der Waals surface area contributed by atoms with Crippen LogP contribution in [0.15, 0.2) is 0 Å². The van der Waals surface area contributed by atoms with Crippen LogP contribution in [0.25, 0.3) is 0 Å². The number of amides is 1. The summed E-state index contributed by atoms with van der Waals surface area (Å²) in [4.78, 5) is 20.2. The third-order valence-corrected chi connectivity index (χ3v) is 5.24. The maximum absolute atomic E-state index is 12.3. The van der Waals surface area contributed by atoms with Crippen molar-refractivity contribution in [2.75, 3.05) is 13.6 Å². The number of aromatic nitrogens is 1. The Morgan fingerprint density at radius 2 is 2.25 bits per heavy atom. The highest BCUT2D eigenvalue weighted by atomic mass is 32.1. The van der Waals surface area contributed by atoms with Crippen molar-refractivity contribution in [2.45, 2.75) is 50.8 Å².